The van der Waals surface area contributed by atoms with Crippen molar-refractivity contribution in [3.8, 4) is 0 Å². The number of halogens is 2. The van der Waals surface area contributed by atoms with Crippen LogP contribution in [-0.4, -0.2) is 54.3 Å². The van der Waals surface area contributed by atoms with Gasteiger partial charge in [0.1, 0.15) is 0 Å². The highest BCUT2D eigenvalue weighted by Crippen LogP contribution is 1.85. The van der Waals surface area contributed by atoms with Crippen molar-refractivity contribution in [1.82, 2.24) is 4.90 Å². The zero-order chi connectivity index (χ0) is 10.9. The predicted octanol–water partition coefficient (Wildman–Crippen LogP) is 0.743. The maximum atomic E-state index is 8.74. The summed E-state index contributed by atoms with van der Waals surface area (Å²) < 4.78 is 31.6. The molecular weight excluding hydrogens is 241 g/mol. The van der Waals surface area contributed by atoms with E-state index in [4.69, 9.17) is 40.7 Å². The van der Waals surface area contributed by atoms with Crippen molar-refractivity contribution in [3.05, 3.63) is 0 Å². The van der Waals surface area contributed by atoms with Crippen molar-refractivity contribution < 1.29 is 17.5 Å². The molecule has 0 bridgehead atoms. The first kappa shape index (κ1) is 15.9. The topological polar surface area (TPSA) is 77.8 Å². The summed E-state index contributed by atoms with van der Waals surface area (Å²) in [6, 6.07) is 0. The van der Waals surface area contributed by atoms with Gasteiger partial charge in [-0.15, -0.1) is 23.2 Å². The Balaban J connectivity index is 0. The van der Waals surface area contributed by atoms with Gasteiger partial charge in [0.05, 0.1) is 0 Å². The molecule has 13 heavy (non-hydrogen) atoms. The monoisotopic (exact) mass is 253 g/mol. The molecule has 0 aliphatic rings. The first-order valence-corrected chi connectivity index (χ1v) is 5.78. The standard InChI is InChI=1S/C5H11Cl2N.H2O4S/c1-8(4-2-6)5-3-7;1-5(2,3)4/h2-5H2,1H3;(H2,1,2,3,4). The molecule has 0 aromatic rings. The Kier molecular flexibility index (Phi) is 11.0. The summed E-state index contributed by atoms with van der Waals surface area (Å²) in [4.78, 5) is 2.10. The highest BCUT2D eigenvalue weighted by Gasteiger charge is 1.92. The lowest BCUT2D eigenvalue weighted by Gasteiger charge is -2.11. The van der Waals surface area contributed by atoms with Crippen LogP contribution in [0.3, 0.4) is 0 Å². The summed E-state index contributed by atoms with van der Waals surface area (Å²) in [5.74, 6) is 1.38. The van der Waals surface area contributed by atoms with Crippen molar-refractivity contribution >= 4 is 33.6 Å². The predicted molar refractivity (Wildman–Crippen MR) is 53.1 cm³/mol. The quantitative estimate of drug-likeness (QED) is 0.571. The molecule has 0 aliphatic heterocycles. The van der Waals surface area contributed by atoms with Crippen LogP contribution < -0.4 is 0 Å². The van der Waals surface area contributed by atoms with E-state index in [2.05, 4.69) is 4.90 Å². The van der Waals surface area contributed by atoms with Gasteiger partial charge in [0, 0.05) is 24.8 Å². The van der Waals surface area contributed by atoms with Crippen molar-refractivity contribution in [3.63, 3.8) is 0 Å². The Morgan fingerprint density at radius 3 is 1.54 bits per heavy atom. The molecule has 82 valence electrons. The van der Waals surface area contributed by atoms with Crippen molar-refractivity contribution in [2.45, 2.75) is 0 Å². The fraction of sp³-hybridized carbons (Fsp3) is 1.00. The van der Waals surface area contributed by atoms with Gasteiger partial charge in [-0.3, -0.25) is 9.11 Å². The number of hydrogen-bond donors (Lipinski definition) is 2. The molecule has 5 nitrogen and oxygen atoms in total. The molecule has 0 heterocycles. The lowest BCUT2D eigenvalue weighted by Crippen LogP contribution is -2.22. The van der Waals surface area contributed by atoms with Gasteiger partial charge in [0.15, 0.2) is 0 Å². The zero-order valence-electron chi connectivity index (χ0n) is 7.15. The fourth-order valence-corrected chi connectivity index (χ4v) is 0.977. The van der Waals surface area contributed by atoms with E-state index in [0.717, 1.165) is 13.1 Å². The summed E-state index contributed by atoms with van der Waals surface area (Å²) in [6.45, 7) is 1.85. The highest BCUT2D eigenvalue weighted by molar-refractivity contribution is 7.79. The second kappa shape index (κ2) is 8.98. The Labute approximate surface area is 88.2 Å². The van der Waals surface area contributed by atoms with E-state index < -0.39 is 10.4 Å². The molecule has 0 saturated carbocycles. The summed E-state index contributed by atoms with van der Waals surface area (Å²) in [6.07, 6.45) is 0. The van der Waals surface area contributed by atoms with Crippen molar-refractivity contribution in [1.29, 1.82) is 0 Å². The van der Waals surface area contributed by atoms with Crippen LogP contribution in [0.1, 0.15) is 0 Å². The van der Waals surface area contributed by atoms with Crippen LogP contribution in [-0.2, 0) is 10.4 Å². The maximum Gasteiger partial charge on any atom is 0.394 e. The minimum atomic E-state index is -4.67. The SMILES string of the molecule is CN(CCCl)CCCl.O=S(=O)(O)O. The van der Waals surface area contributed by atoms with E-state index in [9.17, 15) is 0 Å². The van der Waals surface area contributed by atoms with Gasteiger partial charge in [-0.1, -0.05) is 0 Å². The second-order valence-electron chi connectivity index (χ2n) is 2.13. The van der Waals surface area contributed by atoms with Gasteiger partial charge in [-0.05, 0) is 7.05 Å². The summed E-state index contributed by atoms with van der Waals surface area (Å²) in [5.41, 5.74) is 0. The maximum absolute atomic E-state index is 8.74. The van der Waals surface area contributed by atoms with Gasteiger partial charge < -0.3 is 4.90 Å². The van der Waals surface area contributed by atoms with Crippen LogP contribution in [0.4, 0.5) is 0 Å². The molecule has 2 N–H and O–H groups in total. The van der Waals surface area contributed by atoms with Gasteiger partial charge >= 0.3 is 10.4 Å². The van der Waals surface area contributed by atoms with Gasteiger partial charge in [0.25, 0.3) is 0 Å². The minimum Gasteiger partial charge on any atom is -0.304 e. The van der Waals surface area contributed by atoms with Crippen LogP contribution >= 0.6 is 23.2 Å². The molecule has 0 spiro atoms. The average molecular weight is 254 g/mol. The van der Waals surface area contributed by atoms with E-state index in [1.807, 2.05) is 7.05 Å². The molecule has 0 aromatic heterocycles. The smallest absolute Gasteiger partial charge is 0.304 e. The van der Waals surface area contributed by atoms with Gasteiger partial charge in [0.2, 0.25) is 0 Å². The number of rotatable bonds is 4. The second-order valence-corrected chi connectivity index (χ2v) is 3.78. The largest absolute Gasteiger partial charge is 0.394 e. The van der Waals surface area contributed by atoms with Gasteiger partial charge in [-0.2, -0.15) is 8.42 Å². The molecule has 0 radical (unpaired) electrons. The first-order valence-electron chi connectivity index (χ1n) is 3.31. The zero-order valence-corrected chi connectivity index (χ0v) is 9.48. The number of hydrogen-bond acceptors (Lipinski definition) is 3. The molecular formula is C5H13Cl2NO4S. The lowest BCUT2D eigenvalue weighted by atomic mass is 10.6. The van der Waals surface area contributed by atoms with Crippen molar-refractivity contribution in [2.75, 3.05) is 31.9 Å². The number of alkyl halides is 2. The normalized spacial score (nSPS) is 10.9. The molecule has 0 aromatic carbocycles. The van der Waals surface area contributed by atoms with Crippen LogP contribution in [0, 0.1) is 0 Å². The van der Waals surface area contributed by atoms with E-state index >= 15 is 0 Å². The van der Waals surface area contributed by atoms with E-state index in [-0.39, 0.29) is 0 Å². The first-order chi connectivity index (χ1) is 5.81. The molecule has 0 rings (SSSR count). The third kappa shape index (κ3) is 32.7. The third-order valence-electron chi connectivity index (χ3n) is 0.932. The van der Waals surface area contributed by atoms with Crippen LogP contribution in [0.5, 0.6) is 0 Å². The highest BCUT2D eigenvalue weighted by atomic mass is 35.5. The van der Waals surface area contributed by atoms with E-state index in [1.54, 1.807) is 0 Å². The molecule has 0 atom stereocenters. The molecule has 0 unspecified atom stereocenters. The summed E-state index contributed by atoms with van der Waals surface area (Å²) >= 11 is 10.9. The Bertz CT molecular complexity index is 183. The molecule has 0 saturated heterocycles. The Morgan fingerprint density at radius 1 is 1.15 bits per heavy atom. The van der Waals surface area contributed by atoms with Crippen molar-refractivity contribution in [2.24, 2.45) is 0 Å². The summed E-state index contributed by atoms with van der Waals surface area (Å²) in [5, 5.41) is 0. The van der Waals surface area contributed by atoms with Crippen LogP contribution in [0.2, 0.25) is 0 Å². The molecule has 0 aliphatic carbocycles. The molecule has 0 fully saturated rings. The van der Waals surface area contributed by atoms with Crippen LogP contribution in [0.25, 0.3) is 0 Å². The minimum absolute atomic E-state index is 0.688. The van der Waals surface area contributed by atoms with E-state index in [0.29, 0.717) is 11.8 Å². The summed E-state index contributed by atoms with van der Waals surface area (Å²) in [7, 11) is -2.66. The average Bonchev–Trinajstić information content (AvgIpc) is 1.84. The molecule has 0 amide bonds. The number of nitrogens with zero attached hydrogens (tertiary/aromatic N) is 1. The Hall–Kier alpha value is 0.410. The third-order valence-corrected chi connectivity index (χ3v) is 1.27. The van der Waals surface area contributed by atoms with Gasteiger partial charge in [-0.25, -0.2) is 0 Å². The lowest BCUT2D eigenvalue weighted by molar-refractivity contribution is 0.378. The molecule has 8 heteroatoms. The Morgan fingerprint density at radius 2 is 1.38 bits per heavy atom. The fourth-order valence-electron chi connectivity index (χ4n) is 0.400. The van der Waals surface area contributed by atoms with E-state index in [1.165, 1.54) is 0 Å². The van der Waals surface area contributed by atoms with Crippen LogP contribution in [0.15, 0.2) is 0 Å².